The number of benzene rings is 5. The Labute approximate surface area is 358 Å². The number of aromatic nitrogens is 1. The van der Waals surface area contributed by atoms with Crippen LogP contribution in [0.3, 0.4) is 0 Å². The van der Waals surface area contributed by atoms with Gasteiger partial charge in [0.15, 0.2) is 5.60 Å². The Morgan fingerprint density at radius 3 is 2.18 bits per heavy atom. The molecule has 6 aromatic rings. The van der Waals surface area contributed by atoms with Gasteiger partial charge < -0.3 is 23.8 Å². The molecule has 1 aromatic heterocycles. The molecule has 1 saturated heterocycles. The molecule has 1 unspecified atom stereocenters. The number of morpholine rings is 1. The summed E-state index contributed by atoms with van der Waals surface area (Å²) in [7, 11) is 3.49. The largest absolute Gasteiger partial charge is 0.497 e. The summed E-state index contributed by atoms with van der Waals surface area (Å²) in [6.07, 6.45) is 15.6. The summed E-state index contributed by atoms with van der Waals surface area (Å²) in [5, 5.41) is 2.25. The number of anilines is 1. The molecule has 5 aromatic carbocycles. The average molecular weight is 815 g/mol. The fourth-order valence-corrected chi connectivity index (χ4v) is 11.8. The van der Waals surface area contributed by atoms with Crippen molar-refractivity contribution in [2.75, 3.05) is 45.4 Å². The van der Waals surface area contributed by atoms with E-state index in [-0.39, 0.29) is 5.41 Å². The van der Waals surface area contributed by atoms with E-state index in [1.165, 1.54) is 70.1 Å². The third kappa shape index (κ3) is 6.14. The van der Waals surface area contributed by atoms with Crippen LogP contribution in [0.1, 0.15) is 85.8 Å². The van der Waals surface area contributed by atoms with E-state index in [0.29, 0.717) is 5.41 Å². The van der Waals surface area contributed by atoms with Crippen molar-refractivity contribution in [1.82, 2.24) is 4.98 Å². The van der Waals surface area contributed by atoms with E-state index in [1.54, 1.807) is 26.0 Å². The van der Waals surface area contributed by atoms with Gasteiger partial charge in [-0.3, -0.25) is 4.98 Å². The molecule has 306 valence electrons. The number of hydrogen-bond donors (Lipinski definition) is 0. The Bertz CT molecular complexity index is 2600. The van der Waals surface area contributed by atoms with E-state index >= 15 is 0 Å². The highest BCUT2D eigenvalue weighted by atomic mass is 32.2. The van der Waals surface area contributed by atoms with Crippen molar-refractivity contribution >= 4 is 34.3 Å². The standard InChI is InChI=1S/C53H54N2O4S/c1-6-51(7-2)23-25-52(26-24-51)44-11-9-8-10-40(44)48-42-33-46(60-47-34-54-27-21-35(47)3)45(57-5)32-43(42)50-41(49(48)52)20-22-53(59-50,37-14-18-39(56-4)19-15-37)36-12-16-38(17-13-36)55-28-30-58-31-29-55/h8-22,27,32-34H,6-7,23-26,28-31H2,1-5H3. The number of fused-ring (bicyclic) bond motifs is 10. The third-order valence-electron chi connectivity index (χ3n) is 14.6. The maximum absolute atomic E-state index is 7.85. The number of pyridine rings is 1. The second-order valence-electron chi connectivity index (χ2n) is 17.2. The van der Waals surface area contributed by atoms with Gasteiger partial charge in [-0.1, -0.05) is 93.1 Å². The number of methoxy groups -OCH3 is 2. The van der Waals surface area contributed by atoms with E-state index in [1.807, 2.05) is 24.5 Å². The zero-order valence-electron chi connectivity index (χ0n) is 35.5. The summed E-state index contributed by atoms with van der Waals surface area (Å²) >= 11 is 1.72. The summed E-state index contributed by atoms with van der Waals surface area (Å²) in [6, 6.07) is 33.3. The SMILES string of the molecule is CCC1(CC)CCC2(CC1)c1ccccc1-c1c2c2c(c3cc(OC)c(Sc4cnccc4C)cc13)OC(c1ccc(OC)cc1)(c1ccc(N3CCOCC3)cc1)C=C2. The van der Waals surface area contributed by atoms with Gasteiger partial charge in [0.25, 0.3) is 0 Å². The van der Waals surface area contributed by atoms with Crippen molar-refractivity contribution in [3.8, 4) is 28.4 Å². The van der Waals surface area contributed by atoms with Crippen molar-refractivity contribution in [1.29, 1.82) is 0 Å². The molecule has 2 aliphatic heterocycles. The Hall–Kier alpha value is -5.24. The lowest BCUT2D eigenvalue weighted by Gasteiger charge is -2.47. The van der Waals surface area contributed by atoms with Crippen molar-refractivity contribution in [2.24, 2.45) is 5.41 Å². The monoisotopic (exact) mass is 814 g/mol. The van der Waals surface area contributed by atoms with E-state index in [4.69, 9.17) is 18.9 Å². The van der Waals surface area contributed by atoms with Gasteiger partial charge in [-0.2, -0.15) is 0 Å². The van der Waals surface area contributed by atoms with Crippen LogP contribution >= 0.6 is 11.8 Å². The van der Waals surface area contributed by atoms with Gasteiger partial charge in [-0.25, -0.2) is 0 Å². The van der Waals surface area contributed by atoms with Crippen molar-refractivity contribution in [3.63, 3.8) is 0 Å². The molecule has 7 heteroatoms. The summed E-state index contributed by atoms with van der Waals surface area (Å²) in [4.78, 5) is 9.08. The van der Waals surface area contributed by atoms with Crippen molar-refractivity contribution < 1.29 is 18.9 Å². The van der Waals surface area contributed by atoms with Crippen LogP contribution in [0.2, 0.25) is 0 Å². The maximum Gasteiger partial charge on any atom is 0.178 e. The molecule has 0 radical (unpaired) electrons. The van der Waals surface area contributed by atoms with E-state index in [2.05, 4.69) is 122 Å². The molecular weight excluding hydrogens is 761 g/mol. The lowest BCUT2D eigenvalue weighted by Crippen LogP contribution is -2.38. The second-order valence-corrected chi connectivity index (χ2v) is 18.2. The van der Waals surface area contributed by atoms with Crippen LogP contribution in [0.4, 0.5) is 5.69 Å². The highest BCUT2D eigenvalue weighted by Gasteiger charge is 2.51. The number of nitrogens with zero attached hydrogens (tertiary/aromatic N) is 2. The molecule has 2 fully saturated rings. The number of hydrogen-bond acceptors (Lipinski definition) is 7. The zero-order chi connectivity index (χ0) is 41.1. The number of aryl methyl sites for hydroxylation is 1. The van der Waals surface area contributed by atoms with E-state index in [0.717, 1.165) is 82.7 Å². The topological polar surface area (TPSA) is 53.0 Å². The van der Waals surface area contributed by atoms with Crippen molar-refractivity contribution in [2.45, 2.75) is 80.1 Å². The first-order valence-corrected chi connectivity index (χ1v) is 22.5. The molecule has 0 bridgehead atoms. The predicted molar refractivity (Wildman–Crippen MR) is 244 cm³/mol. The summed E-state index contributed by atoms with van der Waals surface area (Å²) < 4.78 is 25.5. The first-order chi connectivity index (χ1) is 29.4. The molecule has 10 rings (SSSR count). The van der Waals surface area contributed by atoms with Crippen LogP contribution in [0.15, 0.2) is 119 Å². The molecule has 1 saturated carbocycles. The van der Waals surface area contributed by atoms with E-state index < -0.39 is 5.60 Å². The Balaban J connectivity index is 1.23. The van der Waals surface area contributed by atoms with Gasteiger partial charge in [0, 0.05) is 63.6 Å². The molecule has 4 aliphatic rings. The second kappa shape index (κ2) is 15.3. The van der Waals surface area contributed by atoms with Gasteiger partial charge in [0.2, 0.25) is 0 Å². The molecule has 0 amide bonds. The van der Waals surface area contributed by atoms with E-state index in [9.17, 15) is 0 Å². The molecule has 2 aliphatic carbocycles. The van der Waals surface area contributed by atoms with Gasteiger partial charge in [0.1, 0.15) is 17.2 Å². The normalized spacial score (nSPS) is 19.7. The van der Waals surface area contributed by atoms with Gasteiger partial charge in [0.05, 0.1) is 32.3 Å². The van der Waals surface area contributed by atoms with Crippen LogP contribution in [0.25, 0.3) is 28.0 Å². The van der Waals surface area contributed by atoms with Crippen LogP contribution in [0, 0.1) is 12.3 Å². The zero-order valence-corrected chi connectivity index (χ0v) is 36.3. The molecule has 0 N–H and O–H groups in total. The fourth-order valence-electron chi connectivity index (χ4n) is 10.8. The molecule has 1 spiro atoms. The molecule has 3 heterocycles. The van der Waals surface area contributed by atoms with Crippen LogP contribution in [0.5, 0.6) is 17.2 Å². The highest BCUT2D eigenvalue weighted by molar-refractivity contribution is 7.99. The van der Waals surface area contributed by atoms with Crippen LogP contribution < -0.4 is 19.1 Å². The lowest BCUT2D eigenvalue weighted by molar-refractivity contribution is 0.122. The van der Waals surface area contributed by atoms with Crippen molar-refractivity contribution in [3.05, 3.63) is 143 Å². The van der Waals surface area contributed by atoms with Crippen LogP contribution in [-0.4, -0.2) is 45.5 Å². The summed E-state index contributed by atoms with van der Waals surface area (Å²) in [5.74, 6) is 2.53. The first kappa shape index (κ1) is 38.9. The lowest BCUT2D eigenvalue weighted by atomic mass is 9.58. The Kier molecular flexibility index (Phi) is 9.95. The fraction of sp³-hybridized carbons (Fsp3) is 0.340. The Morgan fingerprint density at radius 1 is 0.783 bits per heavy atom. The minimum Gasteiger partial charge on any atom is -0.497 e. The summed E-state index contributed by atoms with van der Waals surface area (Å²) in [6.45, 7) is 10.2. The van der Waals surface area contributed by atoms with Gasteiger partial charge in [-0.05, 0) is 120 Å². The minimum absolute atomic E-state index is 0.126. The van der Waals surface area contributed by atoms with Gasteiger partial charge >= 0.3 is 0 Å². The molecule has 60 heavy (non-hydrogen) atoms. The first-order valence-electron chi connectivity index (χ1n) is 21.7. The quantitative estimate of drug-likeness (QED) is 0.144. The average Bonchev–Trinajstić information content (AvgIpc) is 3.59. The number of rotatable bonds is 9. The van der Waals surface area contributed by atoms with Crippen LogP contribution in [-0.2, 0) is 15.8 Å². The summed E-state index contributed by atoms with van der Waals surface area (Å²) in [5.41, 5.74) is 10.6. The molecular formula is C53H54N2O4S. The minimum atomic E-state index is -0.914. The Morgan fingerprint density at radius 2 is 1.50 bits per heavy atom. The molecule has 6 nitrogen and oxygen atoms in total. The van der Waals surface area contributed by atoms with Gasteiger partial charge in [-0.15, -0.1) is 0 Å². The number of ether oxygens (including phenoxy) is 4. The maximum atomic E-state index is 7.85. The predicted octanol–water partition coefficient (Wildman–Crippen LogP) is 12.5. The smallest absolute Gasteiger partial charge is 0.178 e. The highest BCUT2D eigenvalue weighted by Crippen LogP contribution is 2.65. The molecule has 1 atom stereocenters. The third-order valence-corrected chi connectivity index (χ3v) is 15.8.